The molecule has 540 valence electrons. The van der Waals surface area contributed by atoms with Crippen LogP contribution in [0.5, 0.6) is 0 Å². The van der Waals surface area contributed by atoms with E-state index in [0.29, 0.717) is 25.7 Å². The molecule has 0 saturated carbocycles. The van der Waals surface area contributed by atoms with Crippen LogP contribution in [0, 0.1) is 0 Å². The van der Waals surface area contributed by atoms with Crippen molar-refractivity contribution in [3.8, 4) is 0 Å². The van der Waals surface area contributed by atoms with Gasteiger partial charge in [-0.05, 0) is 135 Å². The minimum atomic E-state index is -4.98. The van der Waals surface area contributed by atoms with Crippen molar-refractivity contribution in [3.05, 3.63) is 109 Å². The van der Waals surface area contributed by atoms with Gasteiger partial charge in [-0.25, -0.2) is 9.13 Å². The van der Waals surface area contributed by atoms with Gasteiger partial charge in [0, 0.05) is 25.7 Å². The molecule has 0 aromatic carbocycles. The van der Waals surface area contributed by atoms with Gasteiger partial charge in [-0.1, -0.05) is 233 Å². The zero-order chi connectivity index (χ0) is 69.0. The molecule has 0 heterocycles. The zero-order valence-corrected chi connectivity index (χ0v) is 60.4. The molecular formula is C75H128O17P2. The van der Waals surface area contributed by atoms with Crippen molar-refractivity contribution in [1.82, 2.24) is 0 Å². The summed E-state index contributed by atoms with van der Waals surface area (Å²) in [7, 11) is -9.95. The van der Waals surface area contributed by atoms with Crippen LogP contribution in [0.1, 0.15) is 285 Å². The molecule has 0 bridgehead atoms. The largest absolute Gasteiger partial charge is 0.472 e. The van der Waals surface area contributed by atoms with Gasteiger partial charge in [0.1, 0.15) is 19.3 Å². The van der Waals surface area contributed by atoms with Gasteiger partial charge < -0.3 is 33.8 Å². The van der Waals surface area contributed by atoms with Crippen molar-refractivity contribution in [2.75, 3.05) is 39.6 Å². The lowest BCUT2D eigenvalue weighted by Gasteiger charge is -2.21. The quantitative estimate of drug-likeness (QED) is 0.0169. The number of esters is 4. The van der Waals surface area contributed by atoms with Gasteiger partial charge in [0.2, 0.25) is 0 Å². The molecule has 0 aliphatic rings. The molecule has 0 amide bonds. The third-order valence-electron chi connectivity index (χ3n) is 14.7. The Hall–Kier alpha value is -4.28. The first-order valence-corrected chi connectivity index (χ1v) is 39.1. The third-order valence-corrected chi connectivity index (χ3v) is 16.6. The topological polar surface area (TPSA) is 237 Å². The predicted molar refractivity (Wildman–Crippen MR) is 381 cm³/mol. The highest BCUT2D eigenvalue weighted by Crippen LogP contribution is 2.45. The Morgan fingerprint density at radius 3 is 0.904 bits per heavy atom. The maximum atomic E-state index is 13.0. The fourth-order valence-corrected chi connectivity index (χ4v) is 10.7. The third kappa shape index (κ3) is 66.3. The molecule has 17 nitrogen and oxygen atoms in total. The van der Waals surface area contributed by atoms with Crippen LogP contribution in [0.3, 0.4) is 0 Å². The molecular weight excluding hydrogens is 1230 g/mol. The minimum Gasteiger partial charge on any atom is -0.462 e. The van der Waals surface area contributed by atoms with E-state index < -0.39 is 97.5 Å². The van der Waals surface area contributed by atoms with Crippen molar-refractivity contribution >= 4 is 39.5 Å². The molecule has 94 heavy (non-hydrogen) atoms. The molecule has 0 radical (unpaired) electrons. The molecule has 0 fully saturated rings. The van der Waals surface area contributed by atoms with E-state index >= 15 is 0 Å². The first kappa shape index (κ1) is 89.7. The lowest BCUT2D eigenvalue weighted by Crippen LogP contribution is -2.30. The van der Waals surface area contributed by atoms with Crippen molar-refractivity contribution < 1.29 is 80.2 Å². The van der Waals surface area contributed by atoms with E-state index in [-0.39, 0.29) is 25.7 Å². The summed E-state index contributed by atoms with van der Waals surface area (Å²) in [5.41, 5.74) is 0. The highest BCUT2D eigenvalue weighted by Gasteiger charge is 2.30. The second-order valence-electron chi connectivity index (χ2n) is 23.8. The Morgan fingerprint density at radius 2 is 0.574 bits per heavy atom. The number of unbranched alkanes of at least 4 members (excludes halogenated alkanes) is 23. The number of phosphoric acid groups is 2. The Morgan fingerprint density at radius 1 is 0.309 bits per heavy atom. The van der Waals surface area contributed by atoms with Crippen LogP contribution in [-0.4, -0.2) is 96.7 Å². The number of hydrogen-bond donors (Lipinski definition) is 3. The Bertz CT molecular complexity index is 2220. The zero-order valence-electron chi connectivity index (χ0n) is 58.6. The van der Waals surface area contributed by atoms with E-state index in [0.717, 1.165) is 193 Å². The van der Waals surface area contributed by atoms with Crippen LogP contribution in [0.25, 0.3) is 0 Å². The SMILES string of the molecule is CC/C=C\C/C=C\C/C=C\C/C=C\CCCCCCC(=O)OCC(COP(=O)(O)OCC(O)COP(=O)(O)OCC(COC(=O)CCCCCCC/C=C\C/C=C\CCC)OC(=O)CCCCCCC/C=C\CCCC)OC(=O)CCCCCCC/C=C\C/C=C\CCC. The van der Waals surface area contributed by atoms with Gasteiger partial charge >= 0.3 is 39.5 Å². The number of hydrogen-bond acceptors (Lipinski definition) is 15. The number of carbonyl (C=O) groups is 4. The second-order valence-corrected chi connectivity index (χ2v) is 26.7. The number of carbonyl (C=O) groups excluding carboxylic acids is 4. The molecule has 5 unspecified atom stereocenters. The van der Waals surface area contributed by atoms with Crippen LogP contribution < -0.4 is 0 Å². The van der Waals surface area contributed by atoms with E-state index in [2.05, 4.69) is 137 Å². The summed E-state index contributed by atoms with van der Waals surface area (Å²) in [6.07, 6.45) is 69.6. The van der Waals surface area contributed by atoms with E-state index in [9.17, 15) is 43.2 Å². The summed E-state index contributed by atoms with van der Waals surface area (Å²) < 4.78 is 68.2. The van der Waals surface area contributed by atoms with Gasteiger partial charge in [0.25, 0.3) is 0 Å². The first-order chi connectivity index (χ1) is 45.7. The number of phosphoric ester groups is 2. The average Bonchev–Trinajstić information content (AvgIpc) is 2.15. The van der Waals surface area contributed by atoms with Gasteiger partial charge in [-0.3, -0.25) is 37.3 Å². The van der Waals surface area contributed by atoms with E-state index in [1.165, 1.54) is 12.8 Å². The highest BCUT2D eigenvalue weighted by atomic mass is 31.2. The molecule has 0 rings (SSSR count). The second kappa shape index (κ2) is 67.3. The minimum absolute atomic E-state index is 0.0711. The fourth-order valence-electron chi connectivity index (χ4n) is 9.15. The number of ether oxygens (including phenoxy) is 4. The number of aliphatic hydroxyl groups excluding tert-OH is 1. The molecule has 0 aromatic rings. The molecule has 0 aliphatic heterocycles. The highest BCUT2D eigenvalue weighted by molar-refractivity contribution is 7.47. The Labute approximate surface area is 569 Å². The van der Waals surface area contributed by atoms with Crippen molar-refractivity contribution in [2.45, 2.75) is 303 Å². The maximum Gasteiger partial charge on any atom is 0.472 e. The van der Waals surface area contributed by atoms with Crippen LogP contribution in [0.4, 0.5) is 0 Å². The van der Waals surface area contributed by atoms with E-state index in [1.54, 1.807) is 0 Å². The van der Waals surface area contributed by atoms with E-state index in [4.69, 9.17) is 37.0 Å². The predicted octanol–water partition coefficient (Wildman–Crippen LogP) is 20.2. The van der Waals surface area contributed by atoms with Gasteiger partial charge in [-0.15, -0.1) is 0 Å². The summed E-state index contributed by atoms with van der Waals surface area (Å²) in [5.74, 6) is -2.24. The van der Waals surface area contributed by atoms with Gasteiger partial charge in [0.05, 0.1) is 26.4 Å². The van der Waals surface area contributed by atoms with Crippen LogP contribution in [0.2, 0.25) is 0 Å². The van der Waals surface area contributed by atoms with Crippen molar-refractivity contribution in [1.29, 1.82) is 0 Å². The number of rotatable bonds is 67. The molecule has 0 saturated heterocycles. The monoisotopic (exact) mass is 1360 g/mol. The maximum absolute atomic E-state index is 13.0. The smallest absolute Gasteiger partial charge is 0.462 e. The molecule has 19 heteroatoms. The molecule has 0 aliphatic carbocycles. The van der Waals surface area contributed by atoms with Crippen LogP contribution >= 0.6 is 15.6 Å². The Kier molecular flexibility index (Phi) is 64.2. The molecule has 5 atom stereocenters. The van der Waals surface area contributed by atoms with Crippen molar-refractivity contribution in [3.63, 3.8) is 0 Å². The molecule has 3 N–H and O–H groups in total. The summed E-state index contributed by atoms with van der Waals surface area (Å²) in [4.78, 5) is 72.6. The number of aliphatic hydroxyl groups is 1. The summed E-state index contributed by atoms with van der Waals surface area (Å²) in [6.45, 7) is 4.50. The normalized spacial score (nSPS) is 14.7. The Balaban J connectivity index is 5.36. The van der Waals surface area contributed by atoms with Crippen LogP contribution in [0.15, 0.2) is 109 Å². The summed E-state index contributed by atoms with van der Waals surface area (Å²) >= 11 is 0. The molecule has 0 aromatic heterocycles. The van der Waals surface area contributed by atoms with Gasteiger partial charge in [0.15, 0.2) is 12.2 Å². The summed E-state index contributed by atoms with van der Waals surface area (Å²) in [5, 5.41) is 10.6. The standard InChI is InChI=1S/C75H128O17P2/c1-5-9-13-17-21-25-29-32-33-34-35-38-41-44-48-52-56-60-73(78)86-66-71(92-75(80)62-58-54-50-46-42-37-31-27-23-19-15-11-7-3)68-90-94(83,84)88-64-69(76)63-87-93(81,82)89-67-70(91-74(79)61-57-53-49-45-39-28-24-20-16-12-8-4)65-85-72(77)59-55-51-47-43-40-36-30-26-22-18-14-10-6-2/h9,13-15,18-21,24-27,30-33,35,38,69-71,76H,5-8,10-12,16-17,22-23,28-29,34,36-37,39-68H2,1-4H3,(H,81,82)(H,83,84)/b13-9-,18-14-,19-15-,24-20-,25-21-,30-26-,31-27-,33-32-,38-35-. The number of allylic oxidation sites excluding steroid dienone is 18. The summed E-state index contributed by atoms with van der Waals surface area (Å²) in [6, 6.07) is 0. The fraction of sp³-hybridized carbons (Fsp3) is 0.707. The first-order valence-electron chi connectivity index (χ1n) is 36.1. The lowest BCUT2D eigenvalue weighted by molar-refractivity contribution is -0.161. The van der Waals surface area contributed by atoms with Gasteiger partial charge in [-0.2, -0.15) is 0 Å². The van der Waals surface area contributed by atoms with Crippen LogP contribution in [-0.2, 0) is 65.4 Å². The van der Waals surface area contributed by atoms with E-state index in [1.807, 2.05) is 0 Å². The molecule has 0 spiro atoms. The average molecular weight is 1360 g/mol. The lowest BCUT2D eigenvalue weighted by atomic mass is 10.1. The van der Waals surface area contributed by atoms with Crippen molar-refractivity contribution in [2.24, 2.45) is 0 Å².